The fourth-order valence-electron chi connectivity index (χ4n) is 2.11. The second-order valence-corrected chi connectivity index (χ2v) is 4.68. The molecule has 19 heavy (non-hydrogen) atoms. The molecule has 1 aliphatic rings. The summed E-state index contributed by atoms with van der Waals surface area (Å²) in [6.45, 7) is 3.86. The molecular formula is C14H23N3O2. The van der Waals surface area contributed by atoms with Gasteiger partial charge in [-0.2, -0.15) is 0 Å². The minimum absolute atomic E-state index is 0.445. The van der Waals surface area contributed by atoms with Crippen LogP contribution in [0.5, 0.6) is 5.75 Å². The third-order valence-corrected chi connectivity index (χ3v) is 3.24. The van der Waals surface area contributed by atoms with Crippen molar-refractivity contribution in [3.8, 4) is 5.75 Å². The van der Waals surface area contributed by atoms with Gasteiger partial charge in [-0.05, 0) is 44.5 Å². The highest BCUT2D eigenvalue weighted by Crippen LogP contribution is 2.11. The van der Waals surface area contributed by atoms with Crippen LogP contribution < -0.4 is 15.4 Å². The molecule has 0 aromatic carbocycles. The molecule has 0 saturated carbocycles. The Balaban J connectivity index is 1.55. The number of anilines is 1. The number of hydrogen-bond acceptors (Lipinski definition) is 5. The predicted molar refractivity (Wildman–Crippen MR) is 75.7 cm³/mol. The van der Waals surface area contributed by atoms with Crippen molar-refractivity contribution in [2.75, 3.05) is 38.7 Å². The van der Waals surface area contributed by atoms with E-state index >= 15 is 0 Å². The van der Waals surface area contributed by atoms with Crippen molar-refractivity contribution in [3.05, 3.63) is 18.3 Å². The van der Waals surface area contributed by atoms with Gasteiger partial charge in [-0.15, -0.1) is 0 Å². The van der Waals surface area contributed by atoms with Crippen molar-refractivity contribution >= 4 is 5.82 Å². The van der Waals surface area contributed by atoms with Crippen LogP contribution in [0.1, 0.15) is 19.3 Å². The quantitative estimate of drug-likeness (QED) is 0.734. The molecule has 2 rings (SSSR count). The summed E-state index contributed by atoms with van der Waals surface area (Å²) in [4.78, 5) is 4.25. The summed E-state index contributed by atoms with van der Waals surface area (Å²) in [7, 11) is 1.64. The number of rotatable bonds is 7. The van der Waals surface area contributed by atoms with Crippen LogP contribution in [0, 0.1) is 0 Å². The number of pyridine rings is 1. The van der Waals surface area contributed by atoms with Crippen LogP contribution in [0.2, 0.25) is 0 Å². The minimum Gasteiger partial charge on any atom is -0.495 e. The highest BCUT2D eigenvalue weighted by Gasteiger charge is 2.12. The Labute approximate surface area is 114 Å². The summed E-state index contributed by atoms with van der Waals surface area (Å²) in [5, 5.41) is 6.61. The molecule has 0 unspecified atom stereocenters. The zero-order chi connectivity index (χ0) is 13.3. The topological polar surface area (TPSA) is 55.4 Å². The van der Waals surface area contributed by atoms with Crippen molar-refractivity contribution in [3.63, 3.8) is 0 Å². The summed E-state index contributed by atoms with van der Waals surface area (Å²) in [6.07, 6.45) is 5.42. The average molecular weight is 265 g/mol. The summed E-state index contributed by atoms with van der Waals surface area (Å²) in [5.41, 5.74) is 0. The van der Waals surface area contributed by atoms with Crippen molar-refractivity contribution in [2.24, 2.45) is 0 Å². The molecule has 1 saturated heterocycles. The van der Waals surface area contributed by atoms with Gasteiger partial charge in [-0.1, -0.05) is 0 Å². The van der Waals surface area contributed by atoms with E-state index in [1.54, 1.807) is 13.3 Å². The third-order valence-electron chi connectivity index (χ3n) is 3.24. The molecule has 2 heterocycles. The van der Waals surface area contributed by atoms with Crippen LogP contribution in [0.4, 0.5) is 5.82 Å². The van der Waals surface area contributed by atoms with E-state index in [4.69, 9.17) is 9.47 Å². The normalized spacial score (nSPS) is 16.3. The van der Waals surface area contributed by atoms with E-state index in [1.165, 1.54) is 0 Å². The van der Waals surface area contributed by atoms with E-state index in [1.807, 2.05) is 12.1 Å². The molecule has 0 aliphatic carbocycles. The van der Waals surface area contributed by atoms with Crippen LogP contribution in [-0.4, -0.2) is 44.4 Å². The first kappa shape index (κ1) is 14.1. The fraction of sp³-hybridized carbons (Fsp3) is 0.643. The molecular weight excluding hydrogens is 242 g/mol. The Hall–Kier alpha value is -1.33. The van der Waals surface area contributed by atoms with Gasteiger partial charge in [0.05, 0.1) is 19.4 Å². The first-order valence-corrected chi connectivity index (χ1v) is 6.95. The van der Waals surface area contributed by atoms with Gasteiger partial charge in [0, 0.05) is 13.2 Å². The standard InChI is InChI=1S/C14H23N3O2/c1-18-13-3-4-14(17-11-13)16-7-2-10-19-12-5-8-15-9-6-12/h3-4,11-12,15H,2,5-10H2,1H3,(H,16,17). The number of hydrogen-bond donors (Lipinski definition) is 2. The molecule has 0 bridgehead atoms. The van der Waals surface area contributed by atoms with E-state index in [-0.39, 0.29) is 0 Å². The van der Waals surface area contributed by atoms with E-state index in [9.17, 15) is 0 Å². The average Bonchev–Trinajstić information content (AvgIpc) is 2.49. The van der Waals surface area contributed by atoms with Crippen LogP contribution in [0.25, 0.3) is 0 Å². The third kappa shape index (κ3) is 5.04. The van der Waals surface area contributed by atoms with Gasteiger partial charge in [0.15, 0.2) is 0 Å². The Kier molecular flexibility index (Phi) is 5.91. The molecule has 0 atom stereocenters. The van der Waals surface area contributed by atoms with Crippen molar-refractivity contribution in [1.82, 2.24) is 10.3 Å². The number of nitrogens with zero attached hydrogens (tertiary/aromatic N) is 1. The largest absolute Gasteiger partial charge is 0.495 e. The molecule has 2 N–H and O–H groups in total. The zero-order valence-corrected chi connectivity index (χ0v) is 11.5. The van der Waals surface area contributed by atoms with Gasteiger partial charge in [-0.3, -0.25) is 0 Å². The van der Waals surface area contributed by atoms with E-state index < -0.39 is 0 Å². The second kappa shape index (κ2) is 7.96. The van der Waals surface area contributed by atoms with Crippen LogP contribution in [-0.2, 0) is 4.74 Å². The predicted octanol–water partition coefficient (Wildman–Crippen LogP) is 1.66. The smallest absolute Gasteiger partial charge is 0.137 e. The van der Waals surface area contributed by atoms with Gasteiger partial charge < -0.3 is 20.1 Å². The summed E-state index contributed by atoms with van der Waals surface area (Å²) in [5.74, 6) is 1.66. The maximum atomic E-state index is 5.84. The second-order valence-electron chi connectivity index (χ2n) is 4.68. The first-order valence-electron chi connectivity index (χ1n) is 6.95. The van der Waals surface area contributed by atoms with E-state index in [0.717, 1.165) is 57.1 Å². The summed E-state index contributed by atoms with van der Waals surface area (Å²) < 4.78 is 10.9. The molecule has 1 aromatic heterocycles. The van der Waals surface area contributed by atoms with E-state index in [0.29, 0.717) is 6.10 Å². The lowest BCUT2D eigenvalue weighted by Crippen LogP contribution is -2.32. The molecule has 5 nitrogen and oxygen atoms in total. The highest BCUT2D eigenvalue weighted by molar-refractivity contribution is 5.37. The van der Waals surface area contributed by atoms with Gasteiger partial charge in [-0.25, -0.2) is 4.98 Å². The fourth-order valence-corrected chi connectivity index (χ4v) is 2.11. The SMILES string of the molecule is COc1ccc(NCCCOC2CCNCC2)nc1. The number of ether oxygens (including phenoxy) is 2. The van der Waals surface area contributed by atoms with Gasteiger partial charge in [0.2, 0.25) is 0 Å². The lowest BCUT2D eigenvalue weighted by Gasteiger charge is -2.22. The van der Waals surface area contributed by atoms with Crippen LogP contribution in [0.3, 0.4) is 0 Å². The maximum Gasteiger partial charge on any atom is 0.137 e. The van der Waals surface area contributed by atoms with E-state index in [2.05, 4.69) is 15.6 Å². The number of methoxy groups -OCH3 is 1. The Bertz CT molecular complexity index is 350. The number of nitrogens with one attached hydrogen (secondary N) is 2. The molecule has 1 fully saturated rings. The Morgan fingerprint density at radius 2 is 2.21 bits per heavy atom. The Morgan fingerprint density at radius 1 is 1.37 bits per heavy atom. The molecule has 0 radical (unpaired) electrons. The summed E-state index contributed by atoms with van der Waals surface area (Å²) >= 11 is 0. The molecule has 1 aliphatic heterocycles. The van der Waals surface area contributed by atoms with Crippen LogP contribution in [0.15, 0.2) is 18.3 Å². The zero-order valence-electron chi connectivity index (χ0n) is 11.5. The summed E-state index contributed by atoms with van der Waals surface area (Å²) in [6, 6.07) is 3.83. The van der Waals surface area contributed by atoms with Gasteiger partial charge >= 0.3 is 0 Å². The number of aromatic nitrogens is 1. The molecule has 0 spiro atoms. The monoisotopic (exact) mass is 265 g/mol. The van der Waals surface area contributed by atoms with Crippen LogP contribution >= 0.6 is 0 Å². The number of piperidine rings is 1. The minimum atomic E-state index is 0.445. The maximum absolute atomic E-state index is 5.84. The van der Waals surface area contributed by atoms with Gasteiger partial charge in [0.25, 0.3) is 0 Å². The molecule has 5 heteroatoms. The molecule has 106 valence electrons. The Morgan fingerprint density at radius 3 is 2.89 bits per heavy atom. The van der Waals surface area contributed by atoms with Crippen molar-refractivity contribution in [1.29, 1.82) is 0 Å². The first-order chi connectivity index (χ1) is 9.38. The van der Waals surface area contributed by atoms with Crippen molar-refractivity contribution in [2.45, 2.75) is 25.4 Å². The van der Waals surface area contributed by atoms with Crippen molar-refractivity contribution < 1.29 is 9.47 Å². The lowest BCUT2D eigenvalue weighted by atomic mass is 10.1. The van der Waals surface area contributed by atoms with Gasteiger partial charge in [0.1, 0.15) is 11.6 Å². The lowest BCUT2D eigenvalue weighted by molar-refractivity contribution is 0.0329. The molecule has 0 amide bonds. The highest BCUT2D eigenvalue weighted by atomic mass is 16.5. The molecule has 1 aromatic rings.